The van der Waals surface area contributed by atoms with Crippen molar-refractivity contribution in [1.82, 2.24) is 0 Å². The second-order valence-electron chi connectivity index (χ2n) is 9.55. The Morgan fingerprint density at radius 2 is 1.95 bits per heavy atom. The topological polar surface area (TPSA) is 106 Å². The highest BCUT2D eigenvalue weighted by Crippen LogP contribution is 2.47. The maximum Gasteiger partial charge on any atom is 0.269 e. The number of nitro benzene ring substituents is 1. The molecule has 8 heteroatoms. The quantitative estimate of drug-likeness (QED) is 0.221. The molecule has 5 rings (SSSR count). The lowest BCUT2D eigenvalue weighted by molar-refractivity contribution is -0.384. The van der Waals surface area contributed by atoms with E-state index in [-0.39, 0.29) is 29.7 Å². The summed E-state index contributed by atoms with van der Waals surface area (Å²) >= 11 is 0. The number of hydrogen-bond donors (Lipinski definition) is 1. The van der Waals surface area contributed by atoms with Gasteiger partial charge in [-0.15, -0.1) is 0 Å². The number of ketones is 1. The third kappa shape index (κ3) is 4.79. The predicted molar refractivity (Wildman–Crippen MR) is 140 cm³/mol. The van der Waals surface area contributed by atoms with Gasteiger partial charge in [-0.25, -0.2) is 0 Å². The molecule has 1 aliphatic heterocycles. The number of nitrogens with one attached hydrogen (secondary N) is 1. The zero-order valence-electron chi connectivity index (χ0n) is 20.7. The molecule has 190 valence electrons. The van der Waals surface area contributed by atoms with E-state index in [1.165, 1.54) is 6.07 Å². The largest absolute Gasteiger partial charge is 0.467 e. The first-order valence-corrected chi connectivity index (χ1v) is 12.7. The second kappa shape index (κ2) is 10.4. The van der Waals surface area contributed by atoms with Crippen LogP contribution in [0.4, 0.5) is 17.1 Å². The Hall–Kier alpha value is -4.20. The average molecular weight is 500 g/mol. The molecule has 0 bridgehead atoms. The van der Waals surface area contributed by atoms with Crippen LogP contribution in [0.5, 0.6) is 0 Å². The molecule has 0 saturated heterocycles. The number of para-hydroxylation sites is 2. The minimum atomic E-state index is -0.700. The average Bonchev–Trinajstić information content (AvgIpc) is 3.38. The van der Waals surface area contributed by atoms with Crippen LogP contribution < -0.4 is 10.2 Å². The van der Waals surface area contributed by atoms with Crippen LogP contribution in [0.25, 0.3) is 0 Å². The molecule has 1 aromatic heterocycles. The van der Waals surface area contributed by atoms with Gasteiger partial charge in [0.05, 0.1) is 22.6 Å². The van der Waals surface area contributed by atoms with Crippen molar-refractivity contribution >= 4 is 28.8 Å². The van der Waals surface area contributed by atoms with Crippen molar-refractivity contribution in [2.75, 3.05) is 10.2 Å². The molecule has 2 heterocycles. The van der Waals surface area contributed by atoms with Gasteiger partial charge in [0.25, 0.3) is 5.69 Å². The molecule has 2 unspecified atom stereocenters. The Morgan fingerprint density at radius 1 is 1.11 bits per heavy atom. The Labute approximate surface area is 215 Å². The molecule has 3 aromatic rings. The standard InChI is InChI=1S/C29H29N3O5/c1-2-3-4-14-27(34)31-24-12-6-5-11-22(24)30-23-17-20(19-9-7-10-21(16-19)32(35)36)18-25(33)28(23)29(31)26-13-8-15-37-26/h5-13,15-16,20,29-30H,2-4,14,17-18H2,1H3. The third-order valence-electron chi connectivity index (χ3n) is 7.12. The number of carbonyl (C=O) groups excluding carboxylic acids is 2. The van der Waals surface area contributed by atoms with E-state index in [1.54, 1.807) is 35.4 Å². The first-order chi connectivity index (χ1) is 18.0. The van der Waals surface area contributed by atoms with E-state index in [4.69, 9.17) is 4.42 Å². The number of anilines is 2. The smallest absolute Gasteiger partial charge is 0.269 e. The number of nitrogens with zero attached hydrogens (tertiary/aromatic N) is 2. The minimum Gasteiger partial charge on any atom is -0.467 e. The fourth-order valence-corrected chi connectivity index (χ4v) is 5.36. The summed E-state index contributed by atoms with van der Waals surface area (Å²) in [6.07, 6.45) is 5.30. The molecule has 2 aromatic carbocycles. The molecule has 8 nitrogen and oxygen atoms in total. The molecule has 0 saturated carbocycles. The van der Waals surface area contributed by atoms with Crippen LogP contribution in [0.2, 0.25) is 0 Å². The molecular formula is C29H29N3O5. The van der Waals surface area contributed by atoms with Crippen molar-refractivity contribution in [3.63, 3.8) is 0 Å². The zero-order valence-corrected chi connectivity index (χ0v) is 20.7. The number of amides is 1. The fraction of sp³-hybridized carbons (Fsp3) is 0.310. The summed E-state index contributed by atoms with van der Waals surface area (Å²) in [4.78, 5) is 40.2. The van der Waals surface area contributed by atoms with E-state index in [2.05, 4.69) is 12.2 Å². The Balaban J connectivity index is 1.62. The van der Waals surface area contributed by atoms with E-state index in [0.717, 1.165) is 30.5 Å². The first-order valence-electron chi connectivity index (χ1n) is 12.7. The van der Waals surface area contributed by atoms with Gasteiger partial charge in [0.2, 0.25) is 5.91 Å². The minimum absolute atomic E-state index is 0.00112. The number of nitro groups is 1. The summed E-state index contributed by atoms with van der Waals surface area (Å²) in [7, 11) is 0. The molecule has 1 aliphatic carbocycles. The lowest BCUT2D eigenvalue weighted by Crippen LogP contribution is -2.38. The molecule has 0 fully saturated rings. The Kier molecular flexibility index (Phi) is 6.90. The molecular weight excluding hydrogens is 470 g/mol. The number of allylic oxidation sites excluding steroid dienone is 1. The first kappa shape index (κ1) is 24.5. The van der Waals surface area contributed by atoms with Crippen molar-refractivity contribution in [3.05, 3.63) is 99.6 Å². The third-order valence-corrected chi connectivity index (χ3v) is 7.12. The van der Waals surface area contributed by atoms with Gasteiger partial charge in [0.15, 0.2) is 5.78 Å². The van der Waals surface area contributed by atoms with Crippen molar-refractivity contribution in [3.8, 4) is 0 Å². The summed E-state index contributed by atoms with van der Waals surface area (Å²) in [5.41, 5.74) is 3.40. The summed E-state index contributed by atoms with van der Waals surface area (Å²) in [5, 5.41) is 14.8. The highest BCUT2D eigenvalue weighted by atomic mass is 16.6. The number of non-ortho nitro benzene ring substituents is 1. The van der Waals surface area contributed by atoms with E-state index < -0.39 is 11.0 Å². The number of Topliss-reactive ketones (excluding diaryl/α,β-unsaturated/α-hetero) is 1. The van der Waals surface area contributed by atoms with Crippen molar-refractivity contribution < 1.29 is 18.9 Å². The molecule has 0 spiro atoms. The van der Waals surface area contributed by atoms with Gasteiger partial charge in [-0.05, 0) is 48.6 Å². The number of hydrogen-bond acceptors (Lipinski definition) is 6. The highest BCUT2D eigenvalue weighted by Gasteiger charge is 2.42. The molecule has 1 amide bonds. The van der Waals surface area contributed by atoms with Crippen molar-refractivity contribution in [2.24, 2.45) is 0 Å². The lowest BCUT2D eigenvalue weighted by atomic mass is 9.79. The van der Waals surface area contributed by atoms with E-state index >= 15 is 0 Å². The number of fused-ring (bicyclic) bond motifs is 1. The summed E-state index contributed by atoms with van der Waals surface area (Å²) in [5.74, 6) is 0.129. The van der Waals surface area contributed by atoms with Crippen LogP contribution >= 0.6 is 0 Å². The van der Waals surface area contributed by atoms with Gasteiger partial charge in [0.1, 0.15) is 11.8 Å². The predicted octanol–water partition coefficient (Wildman–Crippen LogP) is 6.67. The molecule has 1 N–H and O–H groups in total. The fourth-order valence-electron chi connectivity index (χ4n) is 5.36. The van der Waals surface area contributed by atoms with E-state index in [0.29, 0.717) is 35.6 Å². The van der Waals surface area contributed by atoms with Gasteiger partial charge >= 0.3 is 0 Å². The van der Waals surface area contributed by atoms with Gasteiger partial charge in [-0.2, -0.15) is 0 Å². The molecule has 37 heavy (non-hydrogen) atoms. The van der Waals surface area contributed by atoms with Gasteiger partial charge in [0, 0.05) is 36.2 Å². The van der Waals surface area contributed by atoms with Crippen LogP contribution in [0.3, 0.4) is 0 Å². The monoisotopic (exact) mass is 499 g/mol. The number of rotatable bonds is 7. The zero-order chi connectivity index (χ0) is 25.9. The van der Waals surface area contributed by atoms with Gasteiger partial charge in [-0.3, -0.25) is 24.6 Å². The second-order valence-corrected chi connectivity index (χ2v) is 9.55. The van der Waals surface area contributed by atoms with Crippen LogP contribution in [0.1, 0.15) is 68.7 Å². The summed E-state index contributed by atoms with van der Waals surface area (Å²) < 4.78 is 5.82. The van der Waals surface area contributed by atoms with Crippen LogP contribution in [0.15, 0.2) is 82.6 Å². The normalized spacial score (nSPS) is 19.1. The van der Waals surface area contributed by atoms with Crippen molar-refractivity contribution in [2.45, 2.75) is 57.4 Å². The number of carbonyl (C=O) groups is 2. The highest BCUT2D eigenvalue weighted by molar-refractivity contribution is 6.06. The van der Waals surface area contributed by atoms with Crippen molar-refractivity contribution in [1.29, 1.82) is 0 Å². The van der Waals surface area contributed by atoms with E-state index in [9.17, 15) is 19.7 Å². The summed E-state index contributed by atoms with van der Waals surface area (Å²) in [6, 6.07) is 16.9. The summed E-state index contributed by atoms with van der Waals surface area (Å²) in [6.45, 7) is 2.09. The SMILES string of the molecule is CCCCCC(=O)N1c2ccccc2NC2=C(C(=O)CC(c3cccc([N+](=O)[O-])c3)C2)C1c1ccco1. The maximum atomic E-state index is 13.9. The lowest BCUT2D eigenvalue weighted by Gasteiger charge is -2.33. The Morgan fingerprint density at radius 3 is 2.70 bits per heavy atom. The number of benzene rings is 2. The van der Waals surface area contributed by atoms with Crippen LogP contribution in [-0.2, 0) is 9.59 Å². The molecule has 0 radical (unpaired) electrons. The number of unbranched alkanes of at least 4 members (excludes halogenated alkanes) is 2. The van der Waals surface area contributed by atoms with Gasteiger partial charge in [-0.1, -0.05) is 44.0 Å². The molecule has 2 atom stereocenters. The van der Waals surface area contributed by atoms with Gasteiger partial charge < -0.3 is 9.73 Å². The van der Waals surface area contributed by atoms with Crippen LogP contribution in [0, 0.1) is 10.1 Å². The molecule has 2 aliphatic rings. The van der Waals surface area contributed by atoms with E-state index in [1.807, 2.05) is 30.3 Å². The number of furan rings is 1. The maximum absolute atomic E-state index is 13.9. The Bertz CT molecular complexity index is 1360. The van der Waals surface area contributed by atoms with Crippen LogP contribution in [-0.4, -0.2) is 16.6 Å².